The van der Waals surface area contributed by atoms with Crippen LogP contribution in [-0.4, -0.2) is 37.7 Å². The number of rotatable bonds is 3. The summed E-state index contributed by atoms with van der Waals surface area (Å²) in [6.07, 6.45) is 6.16. The minimum atomic E-state index is 0.911. The van der Waals surface area contributed by atoms with Gasteiger partial charge in [0.25, 0.3) is 0 Å². The van der Waals surface area contributed by atoms with Crippen molar-refractivity contribution in [3.63, 3.8) is 0 Å². The molecule has 2 bridgehead atoms. The summed E-state index contributed by atoms with van der Waals surface area (Å²) >= 11 is 0. The second-order valence-corrected chi connectivity index (χ2v) is 6.23. The average molecular weight is 223 g/mol. The fourth-order valence-corrected chi connectivity index (χ4v) is 4.32. The lowest BCUT2D eigenvalue weighted by molar-refractivity contribution is 0.0245. The van der Waals surface area contributed by atoms with E-state index in [2.05, 4.69) is 11.8 Å². The van der Waals surface area contributed by atoms with Crippen molar-refractivity contribution in [2.24, 2.45) is 23.7 Å². The van der Waals surface area contributed by atoms with E-state index >= 15 is 0 Å². The van der Waals surface area contributed by atoms with Crippen molar-refractivity contribution in [2.75, 3.05) is 32.8 Å². The van der Waals surface area contributed by atoms with Gasteiger partial charge in [-0.1, -0.05) is 13.3 Å². The first-order valence-electron chi connectivity index (χ1n) is 7.13. The van der Waals surface area contributed by atoms with E-state index in [1.807, 2.05) is 0 Å². The van der Waals surface area contributed by atoms with E-state index in [9.17, 15) is 0 Å². The Hall–Kier alpha value is -0.0800. The molecule has 4 unspecified atom stereocenters. The third-order valence-corrected chi connectivity index (χ3v) is 5.17. The predicted octanol–water partition coefficient (Wildman–Crippen LogP) is 2.39. The zero-order valence-electron chi connectivity index (χ0n) is 10.5. The molecule has 4 atom stereocenters. The molecular weight excluding hydrogens is 198 g/mol. The molecule has 0 aromatic carbocycles. The topological polar surface area (TPSA) is 12.5 Å². The zero-order valence-corrected chi connectivity index (χ0v) is 10.5. The molecule has 3 rings (SSSR count). The molecule has 3 fully saturated rings. The standard InChI is InChI=1S/C14H25NO/c1-11(10-15-4-6-16-7-5-15)14-9-12-2-3-13(14)8-12/h11-14H,2-10H2,1H3. The SMILES string of the molecule is CC(CN1CCOCC1)C1CC2CCC1C2. The van der Waals surface area contributed by atoms with E-state index in [1.54, 1.807) is 6.42 Å². The molecule has 2 heteroatoms. The third-order valence-electron chi connectivity index (χ3n) is 5.17. The maximum Gasteiger partial charge on any atom is 0.0594 e. The molecule has 1 aliphatic heterocycles. The Balaban J connectivity index is 1.51. The van der Waals surface area contributed by atoms with E-state index in [4.69, 9.17) is 4.74 Å². The Morgan fingerprint density at radius 1 is 1.19 bits per heavy atom. The number of fused-ring (bicyclic) bond motifs is 2. The number of nitrogens with zero attached hydrogens (tertiary/aromatic N) is 1. The van der Waals surface area contributed by atoms with Crippen molar-refractivity contribution in [2.45, 2.75) is 32.6 Å². The van der Waals surface area contributed by atoms with Crippen molar-refractivity contribution >= 4 is 0 Å². The lowest BCUT2D eigenvalue weighted by atomic mass is 9.80. The lowest BCUT2D eigenvalue weighted by Gasteiger charge is -2.34. The first kappa shape index (κ1) is 11.0. The van der Waals surface area contributed by atoms with E-state index < -0.39 is 0 Å². The van der Waals surface area contributed by atoms with E-state index in [0.717, 1.165) is 50.0 Å². The van der Waals surface area contributed by atoms with Crippen LogP contribution in [0, 0.1) is 23.7 Å². The maximum absolute atomic E-state index is 5.41. The van der Waals surface area contributed by atoms with Crippen molar-refractivity contribution in [3.05, 3.63) is 0 Å². The van der Waals surface area contributed by atoms with Gasteiger partial charge in [-0.25, -0.2) is 0 Å². The fourth-order valence-electron chi connectivity index (χ4n) is 4.32. The highest BCUT2D eigenvalue weighted by atomic mass is 16.5. The Labute approximate surface area is 99.3 Å². The highest BCUT2D eigenvalue weighted by Crippen LogP contribution is 2.51. The van der Waals surface area contributed by atoms with Gasteiger partial charge in [-0.15, -0.1) is 0 Å². The van der Waals surface area contributed by atoms with Crippen LogP contribution in [0.5, 0.6) is 0 Å². The van der Waals surface area contributed by atoms with Gasteiger partial charge in [0.1, 0.15) is 0 Å². The number of ether oxygens (including phenoxy) is 1. The second kappa shape index (κ2) is 4.66. The summed E-state index contributed by atoms with van der Waals surface area (Å²) in [5.74, 6) is 4.14. The smallest absolute Gasteiger partial charge is 0.0594 e. The minimum Gasteiger partial charge on any atom is -0.379 e. The summed E-state index contributed by atoms with van der Waals surface area (Å²) in [4.78, 5) is 2.61. The summed E-state index contributed by atoms with van der Waals surface area (Å²) in [7, 11) is 0. The van der Waals surface area contributed by atoms with Crippen molar-refractivity contribution in [3.8, 4) is 0 Å². The van der Waals surface area contributed by atoms with Crippen LogP contribution in [0.4, 0.5) is 0 Å². The molecule has 1 saturated heterocycles. The third kappa shape index (κ3) is 2.14. The largest absolute Gasteiger partial charge is 0.379 e. The van der Waals surface area contributed by atoms with Gasteiger partial charge in [-0.05, 0) is 42.9 Å². The Bertz CT molecular complexity index is 237. The fraction of sp³-hybridized carbons (Fsp3) is 1.00. The zero-order chi connectivity index (χ0) is 11.0. The highest BCUT2D eigenvalue weighted by Gasteiger charge is 2.41. The lowest BCUT2D eigenvalue weighted by Crippen LogP contribution is -2.40. The summed E-state index contributed by atoms with van der Waals surface area (Å²) in [5.41, 5.74) is 0. The Morgan fingerprint density at radius 3 is 2.62 bits per heavy atom. The number of morpholine rings is 1. The molecular formula is C14H25NO. The van der Waals surface area contributed by atoms with Gasteiger partial charge in [0.2, 0.25) is 0 Å². The normalized spacial score (nSPS) is 41.4. The summed E-state index contributed by atoms with van der Waals surface area (Å²) in [6.45, 7) is 8.02. The Kier molecular flexibility index (Phi) is 3.21. The van der Waals surface area contributed by atoms with Crippen molar-refractivity contribution in [1.82, 2.24) is 4.90 Å². The van der Waals surface area contributed by atoms with Gasteiger partial charge in [-0.3, -0.25) is 4.90 Å². The van der Waals surface area contributed by atoms with E-state index in [-0.39, 0.29) is 0 Å². The molecule has 0 aromatic rings. The molecule has 16 heavy (non-hydrogen) atoms. The summed E-state index contributed by atoms with van der Waals surface area (Å²) < 4.78 is 5.41. The molecule has 92 valence electrons. The number of hydrogen-bond acceptors (Lipinski definition) is 2. The molecule has 3 aliphatic rings. The molecule has 0 amide bonds. The summed E-state index contributed by atoms with van der Waals surface area (Å²) in [6, 6.07) is 0. The molecule has 0 spiro atoms. The molecule has 1 heterocycles. The van der Waals surface area contributed by atoms with Gasteiger partial charge in [0, 0.05) is 19.6 Å². The molecule has 2 aliphatic carbocycles. The van der Waals surface area contributed by atoms with Crippen LogP contribution >= 0.6 is 0 Å². The first-order chi connectivity index (χ1) is 7.83. The quantitative estimate of drug-likeness (QED) is 0.728. The minimum absolute atomic E-state index is 0.911. The van der Waals surface area contributed by atoms with Gasteiger partial charge in [0.05, 0.1) is 13.2 Å². The maximum atomic E-state index is 5.41. The molecule has 2 saturated carbocycles. The summed E-state index contributed by atoms with van der Waals surface area (Å²) in [5, 5.41) is 0. The first-order valence-corrected chi connectivity index (χ1v) is 7.13. The van der Waals surface area contributed by atoms with Crippen LogP contribution in [-0.2, 0) is 4.74 Å². The van der Waals surface area contributed by atoms with Crippen LogP contribution < -0.4 is 0 Å². The molecule has 0 N–H and O–H groups in total. The van der Waals surface area contributed by atoms with Crippen molar-refractivity contribution in [1.29, 1.82) is 0 Å². The van der Waals surface area contributed by atoms with Gasteiger partial charge >= 0.3 is 0 Å². The van der Waals surface area contributed by atoms with Crippen molar-refractivity contribution < 1.29 is 4.74 Å². The molecule has 0 radical (unpaired) electrons. The van der Waals surface area contributed by atoms with E-state index in [1.165, 1.54) is 25.8 Å². The van der Waals surface area contributed by atoms with Crippen LogP contribution in [0.1, 0.15) is 32.6 Å². The second-order valence-electron chi connectivity index (χ2n) is 6.23. The predicted molar refractivity (Wildman–Crippen MR) is 65.4 cm³/mol. The van der Waals surface area contributed by atoms with Gasteiger partial charge in [0.15, 0.2) is 0 Å². The molecule has 2 nitrogen and oxygen atoms in total. The molecule has 0 aromatic heterocycles. The Morgan fingerprint density at radius 2 is 2.00 bits per heavy atom. The average Bonchev–Trinajstić information content (AvgIpc) is 2.92. The van der Waals surface area contributed by atoms with E-state index in [0.29, 0.717) is 0 Å². The number of hydrogen-bond donors (Lipinski definition) is 0. The van der Waals surface area contributed by atoms with Crippen LogP contribution in [0.3, 0.4) is 0 Å². The van der Waals surface area contributed by atoms with Crippen LogP contribution in [0.2, 0.25) is 0 Å². The monoisotopic (exact) mass is 223 g/mol. The van der Waals surface area contributed by atoms with Crippen LogP contribution in [0.15, 0.2) is 0 Å². The van der Waals surface area contributed by atoms with Crippen LogP contribution in [0.25, 0.3) is 0 Å². The van der Waals surface area contributed by atoms with Gasteiger partial charge < -0.3 is 4.74 Å². The van der Waals surface area contributed by atoms with Gasteiger partial charge in [-0.2, -0.15) is 0 Å². The highest BCUT2D eigenvalue weighted by molar-refractivity contribution is 4.92.